The number of aliphatic imine (C=N–C) groups is 1. The molecule has 0 saturated carbocycles. The normalized spacial score (nSPS) is 27.9. The molecular formula is C33H39F3N4O5S. The predicted molar refractivity (Wildman–Crippen MR) is 168 cm³/mol. The summed E-state index contributed by atoms with van der Waals surface area (Å²) in [6.45, 7) is 4.40. The summed E-state index contributed by atoms with van der Waals surface area (Å²) in [4.78, 5) is 19.5. The number of benzene rings is 2. The van der Waals surface area contributed by atoms with Crippen LogP contribution < -0.4 is 10.1 Å². The molecule has 2 aromatic carbocycles. The van der Waals surface area contributed by atoms with Gasteiger partial charge in [0, 0.05) is 37.3 Å². The minimum atomic E-state index is -4.57. The van der Waals surface area contributed by atoms with Crippen LogP contribution >= 0.6 is 0 Å². The van der Waals surface area contributed by atoms with Crippen molar-refractivity contribution < 1.29 is 35.9 Å². The van der Waals surface area contributed by atoms with Crippen LogP contribution in [0.5, 0.6) is 5.75 Å². The lowest BCUT2D eigenvalue weighted by Gasteiger charge is -2.38. The molecule has 2 aromatic rings. The van der Waals surface area contributed by atoms with Crippen LogP contribution in [0.3, 0.4) is 0 Å². The number of halogens is 3. The molecule has 248 valence electrons. The zero-order valence-electron chi connectivity index (χ0n) is 25.8. The lowest BCUT2D eigenvalue weighted by molar-refractivity contribution is -0.137. The highest BCUT2D eigenvalue weighted by Gasteiger charge is 2.42. The van der Waals surface area contributed by atoms with Crippen LogP contribution in [0.2, 0.25) is 0 Å². The van der Waals surface area contributed by atoms with Crippen LogP contribution in [0.4, 0.5) is 13.2 Å². The van der Waals surface area contributed by atoms with Gasteiger partial charge in [0.15, 0.2) is 0 Å². The molecule has 1 amide bonds. The lowest BCUT2D eigenvalue weighted by atomic mass is 9.89. The first kappa shape index (κ1) is 32.5. The molecule has 1 spiro atoms. The van der Waals surface area contributed by atoms with E-state index < -0.39 is 27.3 Å². The highest BCUT2D eigenvalue weighted by molar-refractivity contribution is 7.89. The molecule has 46 heavy (non-hydrogen) atoms. The number of carbonyl (C=O) groups is 1. The number of aryl methyl sites for hydroxylation is 2. The fourth-order valence-corrected chi connectivity index (χ4v) is 7.99. The number of nitrogens with one attached hydrogen (secondary N) is 1. The summed E-state index contributed by atoms with van der Waals surface area (Å²) in [5.74, 6) is 0.309. The number of alkyl halides is 3. The maximum atomic E-state index is 13.8. The Hall–Kier alpha value is -3.42. The summed E-state index contributed by atoms with van der Waals surface area (Å²) in [6.07, 6.45) is 1.51. The highest BCUT2D eigenvalue weighted by Crippen LogP contribution is 2.35. The summed E-state index contributed by atoms with van der Waals surface area (Å²) in [6, 6.07) is 9.05. The molecule has 0 radical (unpaired) electrons. The van der Waals surface area contributed by atoms with Gasteiger partial charge in [-0.3, -0.25) is 9.79 Å². The Morgan fingerprint density at radius 2 is 1.85 bits per heavy atom. The van der Waals surface area contributed by atoms with Crippen LogP contribution in [-0.4, -0.2) is 92.7 Å². The standard InChI is InChI=1S/C33H39F3N4O5S/c1-23-17-25-6-5-24(23)8-16-46(42,43)40-12-9-32(10-13-40)22-37-30(38-32)26-18-27(33(34,35)36)20-29(19-26)45-15-4-2-3-14-44-28-7-11-39(21-28)31(25)41/h2-3,5-6,17-20,28H,4,7-16,21-22H2,1H3,(H,37,38)/b3-2+/t28-/m1/s1. The van der Waals surface area contributed by atoms with Crippen LogP contribution in [0.1, 0.15) is 58.3 Å². The van der Waals surface area contributed by atoms with E-state index in [0.29, 0.717) is 69.7 Å². The van der Waals surface area contributed by atoms with Crippen LogP contribution in [0.15, 0.2) is 53.5 Å². The van der Waals surface area contributed by atoms with Crippen molar-refractivity contribution in [1.29, 1.82) is 0 Å². The quantitative estimate of drug-likeness (QED) is 0.423. The van der Waals surface area contributed by atoms with Crippen LogP contribution in [0, 0.1) is 6.92 Å². The number of amides is 1. The maximum absolute atomic E-state index is 13.8. The third kappa shape index (κ3) is 7.26. The molecule has 0 aromatic heterocycles. The first-order chi connectivity index (χ1) is 21.9. The van der Waals surface area contributed by atoms with Crippen molar-refractivity contribution >= 4 is 21.8 Å². The molecule has 6 aliphatic rings. The monoisotopic (exact) mass is 660 g/mol. The molecule has 2 fully saturated rings. The van der Waals surface area contributed by atoms with E-state index in [-0.39, 0.29) is 48.8 Å². The first-order valence-corrected chi connectivity index (χ1v) is 17.3. The molecule has 0 unspecified atom stereocenters. The summed E-state index contributed by atoms with van der Waals surface area (Å²) >= 11 is 0. The second-order valence-electron chi connectivity index (χ2n) is 12.5. The van der Waals surface area contributed by atoms with E-state index in [1.54, 1.807) is 17.0 Å². The topological polar surface area (TPSA) is 101 Å². The van der Waals surface area contributed by atoms with E-state index >= 15 is 0 Å². The Balaban J connectivity index is 1.21. The van der Waals surface area contributed by atoms with Crippen molar-refractivity contribution in [2.24, 2.45) is 4.99 Å². The fourth-order valence-electron chi connectivity index (χ4n) is 6.51. The number of nitrogens with zero attached hydrogens (tertiary/aromatic N) is 3. The smallest absolute Gasteiger partial charge is 0.416 e. The van der Waals surface area contributed by atoms with Gasteiger partial charge >= 0.3 is 6.18 Å². The second-order valence-corrected chi connectivity index (χ2v) is 14.6. The number of fused-ring (bicyclic) bond motifs is 2. The van der Waals surface area contributed by atoms with Crippen molar-refractivity contribution in [2.75, 3.05) is 51.7 Å². The van der Waals surface area contributed by atoms with Gasteiger partial charge in [-0.25, -0.2) is 12.7 Å². The Labute approximate surface area is 267 Å². The van der Waals surface area contributed by atoms with E-state index in [0.717, 1.165) is 23.3 Å². The fraction of sp³-hybridized carbons (Fsp3) is 0.515. The number of sulfonamides is 1. The third-order valence-electron chi connectivity index (χ3n) is 9.30. The average Bonchev–Trinajstić information content (AvgIpc) is 3.66. The molecule has 1 atom stereocenters. The van der Waals surface area contributed by atoms with Gasteiger partial charge in [-0.2, -0.15) is 13.2 Å². The minimum absolute atomic E-state index is 0.0596. The second kappa shape index (κ2) is 13.0. The van der Waals surface area contributed by atoms with Gasteiger partial charge in [-0.15, -0.1) is 0 Å². The molecule has 13 heteroatoms. The summed E-state index contributed by atoms with van der Waals surface area (Å²) in [5.41, 5.74) is 1.25. The van der Waals surface area contributed by atoms with Gasteiger partial charge in [0.1, 0.15) is 11.6 Å². The number of amidine groups is 1. The van der Waals surface area contributed by atoms with Crippen molar-refractivity contribution in [3.63, 3.8) is 0 Å². The zero-order valence-corrected chi connectivity index (χ0v) is 26.6. The summed E-state index contributed by atoms with van der Waals surface area (Å²) in [5, 5.41) is 3.34. The Morgan fingerprint density at radius 3 is 2.61 bits per heavy atom. The number of ether oxygens (including phenoxy) is 2. The third-order valence-corrected chi connectivity index (χ3v) is 11.2. The average molecular weight is 661 g/mol. The van der Waals surface area contributed by atoms with Gasteiger partial charge in [0.05, 0.1) is 42.7 Å². The molecule has 0 aliphatic carbocycles. The number of piperidine rings is 1. The Morgan fingerprint density at radius 1 is 1.04 bits per heavy atom. The van der Waals surface area contributed by atoms with Crippen molar-refractivity contribution in [3.8, 4) is 5.75 Å². The molecule has 6 aliphatic heterocycles. The molecule has 2 saturated heterocycles. The largest absolute Gasteiger partial charge is 0.493 e. The Kier molecular flexibility index (Phi) is 9.19. The van der Waals surface area contributed by atoms with Crippen molar-refractivity contribution in [1.82, 2.24) is 14.5 Å². The molecule has 1 N–H and O–H groups in total. The van der Waals surface area contributed by atoms with E-state index in [1.165, 1.54) is 4.31 Å². The number of hydrogen-bond donors (Lipinski definition) is 1. The van der Waals surface area contributed by atoms with E-state index in [2.05, 4.69) is 10.3 Å². The van der Waals surface area contributed by atoms with Gasteiger partial charge in [0.25, 0.3) is 5.91 Å². The van der Waals surface area contributed by atoms with Gasteiger partial charge in [-0.1, -0.05) is 18.2 Å². The Bertz CT molecular complexity index is 1630. The van der Waals surface area contributed by atoms with Gasteiger partial charge in [0.2, 0.25) is 10.0 Å². The lowest BCUT2D eigenvalue weighted by Crippen LogP contribution is -2.55. The SMILES string of the molecule is Cc1cc2ccc1CCS(=O)(=O)N1CCC3(CC1)CN=C(N3)c1cc(cc(C(F)(F)F)c1)OCC/C=C/CO[C@@H]1CCN(C1)C2=O. The van der Waals surface area contributed by atoms with Gasteiger partial charge < -0.3 is 19.7 Å². The number of hydrogen-bond acceptors (Lipinski definition) is 7. The van der Waals surface area contributed by atoms with Crippen LogP contribution in [0.25, 0.3) is 0 Å². The molecule has 8 rings (SSSR count). The van der Waals surface area contributed by atoms with E-state index in [1.807, 2.05) is 31.2 Å². The molecule has 9 bridgehead atoms. The summed E-state index contributed by atoms with van der Waals surface area (Å²) in [7, 11) is -3.56. The van der Waals surface area contributed by atoms with E-state index in [4.69, 9.17) is 9.47 Å². The van der Waals surface area contributed by atoms with E-state index in [9.17, 15) is 26.4 Å². The van der Waals surface area contributed by atoms with Crippen molar-refractivity contribution in [2.45, 2.75) is 56.8 Å². The molecular weight excluding hydrogens is 621 g/mol. The van der Waals surface area contributed by atoms with Crippen LogP contribution in [-0.2, 0) is 27.4 Å². The number of rotatable bonds is 0. The minimum Gasteiger partial charge on any atom is -0.493 e. The highest BCUT2D eigenvalue weighted by atomic mass is 32.2. The van der Waals surface area contributed by atoms with Crippen molar-refractivity contribution in [3.05, 3.63) is 76.4 Å². The van der Waals surface area contributed by atoms with Gasteiger partial charge in [-0.05, 0) is 80.5 Å². The number of carbonyl (C=O) groups excluding carboxylic acids is 1. The predicted octanol–water partition coefficient (Wildman–Crippen LogP) is 4.34. The molecule has 6 heterocycles. The molecule has 9 nitrogen and oxygen atoms in total. The summed E-state index contributed by atoms with van der Waals surface area (Å²) < 4.78 is 81.3. The maximum Gasteiger partial charge on any atom is 0.416 e. The first-order valence-electron chi connectivity index (χ1n) is 15.7. The zero-order chi connectivity index (χ0) is 32.5.